The molecule has 0 spiro atoms. The van der Waals surface area contributed by atoms with Crippen molar-refractivity contribution in [1.29, 1.82) is 0 Å². The highest BCUT2D eigenvalue weighted by Crippen LogP contribution is 2.29. The summed E-state index contributed by atoms with van der Waals surface area (Å²) >= 11 is 5.98. The minimum absolute atomic E-state index is 0.0587. The Kier molecular flexibility index (Phi) is 5.43. The lowest BCUT2D eigenvalue weighted by atomic mass is 10.1. The summed E-state index contributed by atoms with van der Waals surface area (Å²) in [5, 5.41) is 0.535. The van der Waals surface area contributed by atoms with Gasteiger partial charge in [0.25, 0.3) is 0 Å². The van der Waals surface area contributed by atoms with E-state index in [-0.39, 0.29) is 32.7 Å². The zero-order chi connectivity index (χ0) is 18.9. The van der Waals surface area contributed by atoms with Gasteiger partial charge in [0.15, 0.2) is 0 Å². The van der Waals surface area contributed by atoms with Crippen molar-refractivity contribution >= 4 is 23.4 Å². The summed E-state index contributed by atoms with van der Waals surface area (Å²) in [5.74, 6) is -2.41. The molecule has 0 saturated carbocycles. The minimum Gasteiger partial charge on any atom is -0.370 e. The summed E-state index contributed by atoms with van der Waals surface area (Å²) in [7, 11) is 0. The van der Waals surface area contributed by atoms with Crippen LogP contribution in [0, 0.1) is 0 Å². The molecule has 1 aromatic carbocycles. The maximum Gasteiger partial charge on any atom is 0.471 e. The topological polar surface area (TPSA) is 49.9 Å². The molecule has 2 unspecified atom stereocenters. The Labute approximate surface area is 153 Å². The van der Waals surface area contributed by atoms with Gasteiger partial charge in [0.05, 0.1) is 13.2 Å². The number of carbonyl (C=O) groups is 2. The standard InChI is InChI=1S/C17H18ClF3N2O3/c18-12-4-1-3-11(9-12)14-10-22(7-8-26-14)15(24)13-5-2-6-23(13)16(25)17(19,20)21/h1,3-4,9,13-14H,2,5-8,10H2. The van der Waals surface area contributed by atoms with Crippen molar-refractivity contribution in [2.75, 3.05) is 26.2 Å². The zero-order valence-electron chi connectivity index (χ0n) is 13.8. The van der Waals surface area contributed by atoms with Crippen LogP contribution in [0.5, 0.6) is 0 Å². The third-order valence-electron chi connectivity index (χ3n) is 4.64. The van der Waals surface area contributed by atoms with E-state index in [2.05, 4.69) is 0 Å². The highest BCUT2D eigenvalue weighted by Gasteiger charge is 2.48. The fraction of sp³-hybridized carbons (Fsp3) is 0.529. The minimum atomic E-state index is -4.97. The number of morpholine rings is 1. The Morgan fingerprint density at radius 3 is 2.69 bits per heavy atom. The van der Waals surface area contributed by atoms with E-state index in [1.165, 1.54) is 4.90 Å². The van der Waals surface area contributed by atoms with Gasteiger partial charge in [0, 0.05) is 18.1 Å². The first-order valence-corrected chi connectivity index (χ1v) is 8.69. The number of alkyl halides is 3. The lowest BCUT2D eigenvalue weighted by Gasteiger charge is -2.36. The van der Waals surface area contributed by atoms with E-state index in [4.69, 9.17) is 16.3 Å². The van der Waals surface area contributed by atoms with E-state index in [1.807, 2.05) is 6.07 Å². The van der Waals surface area contributed by atoms with Crippen LogP contribution in [0.2, 0.25) is 5.02 Å². The zero-order valence-corrected chi connectivity index (χ0v) is 14.6. The summed E-state index contributed by atoms with van der Waals surface area (Å²) in [6.45, 7) is 0.698. The van der Waals surface area contributed by atoms with Crippen molar-refractivity contribution in [3.8, 4) is 0 Å². The van der Waals surface area contributed by atoms with Crippen molar-refractivity contribution < 1.29 is 27.5 Å². The van der Waals surface area contributed by atoms with Crippen LogP contribution < -0.4 is 0 Å². The third kappa shape index (κ3) is 3.96. The fourth-order valence-electron chi connectivity index (χ4n) is 3.40. The lowest BCUT2D eigenvalue weighted by molar-refractivity contribution is -0.187. The van der Waals surface area contributed by atoms with E-state index >= 15 is 0 Å². The molecule has 2 saturated heterocycles. The van der Waals surface area contributed by atoms with Crippen LogP contribution in [0.3, 0.4) is 0 Å². The SMILES string of the molecule is O=C(C1CCCN1C(=O)C(F)(F)F)N1CCOC(c2cccc(Cl)c2)C1. The number of likely N-dealkylation sites (tertiary alicyclic amines) is 1. The number of hydrogen-bond acceptors (Lipinski definition) is 3. The number of carbonyl (C=O) groups excluding carboxylic acids is 2. The number of hydrogen-bond donors (Lipinski definition) is 0. The maximum atomic E-state index is 12.8. The van der Waals surface area contributed by atoms with Gasteiger partial charge in [0.2, 0.25) is 5.91 Å². The normalized spacial score (nSPS) is 24.0. The predicted molar refractivity (Wildman–Crippen MR) is 87.5 cm³/mol. The summed E-state index contributed by atoms with van der Waals surface area (Å²) in [6.07, 6.45) is -4.77. The summed E-state index contributed by atoms with van der Waals surface area (Å²) in [6, 6.07) is 5.97. The van der Waals surface area contributed by atoms with E-state index in [1.54, 1.807) is 18.2 Å². The first kappa shape index (κ1) is 19.0. The van der Waals surface area contributed by atoms with Gasteiger partial charge in [-0.25, -0.2) is 0 Å². The van der Waals surface area contributed by atoms with Gasteiger partial charge in [-0.15, -0.1) is 0 Å². The van der Waals surface area contributed by atoms with Gasteiger partial charge >= 0.3 is 12.1 Å². The predicted octanol–water partition coefficient (Wildman–Crippen LogP) is 2.79. The van der Waals surface area contributed by atoms with Gasteiger partial charge in [-0.05, 0) is 30.5 Å². The van der Waals surface area contributed by atoms with Gasteiger partial charge < -0.3 is 14.5 Å². The first-order chi connectivity index (χ1) is 12.3. The molecule has 9 heteroatoms. The number of halogens is 4. The van der Waals surface area contributed by atoms with Crippen LogP contribution in [-0.4, -0.2) is 60.1 Å². The van der Waals surface area contributed by atoms with Crippen LogP contribution in [-0.2, 0) is 14.3 Å². The highest BCUT2D eigenvalue weighted by molar-refractivity contribution is 6.30. The molecule has 3 rings (SSSR count). The van der Waals surface area contributed by atoms with Gasteiger partial charge in [0.1, 0.15) is 12.1 Å². The second-order valence-electron chi connectivity index (χ2n) is 6.35. The Morgan fingerprint density at radius 1 is 1.23 bits per heavy atom. The first-order valence-electron chi connectivity index (χ1n) is 8.31. The molecule has 2 fully saturated rings. The number of ether oxygens (including phenoxy) is 1. The average molecular weight is 391 g/mol. The lowest BCUT2D eigenvalue weighted by Crippen LogP contribution is -2.53. The molecule has 2 aliphatic rings. The molecule has 1 aromatic rings. The van der Waals surface area contributed by atoms with Crippen molar-refractivity contribution in [3.63, 3.8) is 0 Å². The summed E-state index contributed by atoms with van der Waals surface area (Å²) < 4.78 is 43.9. The highest BCUT2D eigenvalue weighted by atomic mass is 35.5. The molecule has 0 aliphatic carbocycles. The molecule has 0 radical (unpaired) electrons. The second-order valence-corrected chi connectivity index (χ2v) is 6.79. The van der Waals surface area contributed by atoms with Crippen molar-refractivity contribution in [1.82, 2.24) is 9.80 Å². The molecule has 26 heavy (non-hydrogen) atoms. The Bertz CT molecular complexity index is 698. The quantitative estimate of drug-likeness (QED) is 0.780. The average Bonchev–Trinajstić information content (AvgIpc) is 3.09. The third-order valence-corrected chi connectivity index (χ3v) is 4.87. The molecule has 0 N–H and O–H groups in total. The number of nitrogens with zero attached hydrogens (tertiary/aromatic N) is 2. The molecule has 5 nitrogen and oxygen atoms in total. The Hall–Kier alpha value is -1.80. The van der Waals surface area contributed by atoms with Crippen LogP contribution in [0.15, 0.2) is 24.3 Å². The summed E-state index contributed by atoms with van der Waals surface area (Å²) in [5.41, 5.74) is 0.796. The molecular formula is C17H18ClF3N2O3. The van der Waals surface area contributed by atoms with Crippen LogP contribution in [0.1, 0.15) is 24.5 Å². The van der Waals surface area contributed by atoms with Gasteiger partial charge in [-0.2, -0.15) is 13.2 Å². The van der Waals surface area contributed by atoms with Crippen LogP contribution in [0.25, 0.3) is 0 Å². The van der Waals surface area contributed by atoms with Crippen LogP contribution in [0.4, 0.5) is 13.2 Å². The van der Waals surface area contributed by atoms with Gasteiger partial charge in [-0.3, -0.25) is 9.59 Å². The maximum absolute atomic E-state index is 12.8. The molecule has 142 valence electrons. The molecular weight excluding hydrogens is 373 g/mol. The molecule has 2 aliphatic heterocycles. The Balaban J connectivity index is 1.72. The molecule has 0 aromatic heterocycles. The van der Waals surface area contributed by atoms with E-state index in [0.717, 1.165) is 5.56 Å². The van der Waals surface area contributed by atoms with Crippen molar-refractivity contribution in [3.05, 3.63) is 34.9 Å². The number of amides is 2. The largest absolute Gasteiger partial charge is 0.471 e. The molecule has 2 heterocycles. The second kappa shape index (κ2) is 7.44. The fourth-order valence-corrected chi connectivity index (χ4v) is 3.60. The van der Waals surface area contributed by atoms with E-state index in [0.29, 0.717) is 16.3 Å². The van der Waals surface area contributed by atoms with Gasteiger partial charge in [-0.1, -0.05) is 23.7 Å². The number of benzene rings is 1. The van der Waals surface area contributed by atoms with E-state index < -0.39 is 30.1 Å². The summed E-state index contributed by atoms with van der Waals surface area (Å²) in [4.78, 5) is 26.5. The van der Waals surface area contributed by atoms with Crippen molar-refractivity contribution in [2.45, 2.75) is 31.2 Å². The van der Waals surface area contributed by atoms with Crippen molar-refractivity contribution in [2.24, 2.45) is 0 Å². The molecule has 2 atom stereocenters. The Morgan fingerprint density at radius 2 is 2.00 bits per heavy atom. The van der Waals surface area contributed by atoms with E-state index in [9.17, 15) is 22.8 Å². The number of rotatable bonds is 2. The molecule has 2 amide bonds. The monoisotopic (exact) mass is 390 g/mol. The molecule has 0 bridgehead atoms. The van der Waals surface area contributed by atoms with Crippen LogP contribution >= 0.6 is 11.6 Å². The smallest absolute Gasteiger partial charge is 0.370 e.